The van der Waals surface area contributed by atoms with Crippen LogP contribution in [0.25, 0.3) is 0 Å². The Kier molecular flexibility index (Phi) is 10.4. The van der Waals surface area contributed by atoms with Crippen molar-refractivity contribution in [3.05, 3.63) is 34.9 Å². The van der Waals surface area contributed by atoms with Gasteiger partial charge in [0.15, 0.2) is 17.4 Å². The van der Waals surface area contributed by atoms with E-state index in [4.69, 9.17) is 16.6 Å². The Balaban J connectivity index is 1.51. The van der Waals surface area contributed by atoms with Gasteiger partial charge < -0.3 is 9.80 Å². The van der Waals surface area contributed by atoms with Crippen LogP contribution in [-0.4, -0.2) is 52.7 Å². The second-order valence-corrected chi connectivity index (χ2v) is 10.3. The van der Waals surface area contributed by atoms with Gasteiger partial charge in [-0.15, -0.1) is 0 Å². The summed E-state index contributed by atoms with van der Waals surface area (Å²) in [7, 11) is 1.70. The van der Waals surface area contributed by atoms with Gasteiger partial charge in [-0.3, -0.25) is 10.1 Å². The fourth-order valence-corrected chi connectivity index (χ4v) is 5.52. The van der Waals surface area contributed by atoms with Gasteiger partial charge in [0.1, 0.15) is 0 Å². The Morgan fingerprint density at radius 2 is 1.58 bits per heavy atom. The van der Waals surface area contributed by atoms with Crippen molar-refractivity contribution in [1.82, 2.24) is 15.1 Å². The Morgan fingerprint density at radius 1 is 0.970 bits per heavy atom. The lowest BCUT2D eigenvalue weighted by molar-refractivity contribution is -0.127. The van der Waals surface area contributed by atoms with Gasteiger partial charge in [-0.25, -0.2) is 9.79 Å². The number of aliphatic imine (C=N–C) groups is 1. The predicted octanol–water partition coefficient (Wildman–Crippen LogP) is 6.04. The normalized spacial score (nSPS) is 20.2. The topological polar surface area (TPSA) is 65.0 Å². The summed E-state index contributed by atoms with van der Waals surface area (Å²) in [6.45, 7) is 3.03. The summed E-state index contributed by atoms with van der Waals surface area (Å²) in [5.41, 5.74) is 1.15. The SMILES string of the molecule is CCCCCCCCCCCCN1C(SCc2ccc(Cl)cc2)=NC2C1C(=O)NC(=O)N2C. The molecule has 1 aromatic carbocycles. The largest absolute Gasteiger partial charge is 0.336 e. The molecule has 0 bridgehead atoms. The Labute approximate surface area is 207 Å². The molecule has 2 unspecified atom stereocenters. The third-order valence-corrected chi connectivity index (χ3v) is 7.68. The van der Waals surface area contributed by atoms with E-state index < -0.39 is 12.2 Å². The zero-order valence-corrected chi connectivity index (χ0v) is 21.5. The maximum absolute atomic E-state index is 12.7. The van der Waals surface area contributed by atoms with Crippen LogP contribution in [0.1, 0.15) is 76.7 Å². The standard InChI is InChI=1S/C25H37ClN4O2S/c1-3-4-5-6-7-8-9-10-11-12-17-30-21-22(29(2)24(32)28-23(21)31)27-25(30)33-18-19-13-15-20(26)16-14-19/h13-16,21-22H,3-12,17-18H2,1-2H3,(H,28,31,32). The molecule has 182 valence electrons. The van der Waals surface area contributed by atoms with E-state index in [-0.39, 0.29) is 11.9 Å². The first-order valence-electron chi connectivity index (χ1n) is 12.3. The summed E-state index contributed by atoms with van der Waals surface area (Å²) >= 11 is 7.62. The van der Waals surface area contributed by atoms with Crippen molar-refractivity contribution < 1.29 is 9.59 Å². The molecule has 2 heterocycles. The van der Waals surface area contributed by atoms with Crippen molar-refractivity contribution in [3.8, 4) is 0 Å². The molecule has 2 aliphatic heterocycles. The minimum Gasteiger partial charge on any atom is -0.336 e. The van der Waals surface area contributed by atoms with Crippen LogP contribution in [0, 0.1) is 0 Å². The van der Waals surface area contributed by atoms with Gasteiger partial charge >= 0.3 is 6.03 Å². The molecule has 0 radical (unpaired) electrons. The molecule has 0 spiro atoms. The third-order valence-electron chi connectivity index (χ3n) is 6.36. The molecule has 6 nitrogen and oxygen atoms in total. The number of hydrogen-bond acceptors (Lipinski definition) is 5. The van der Waals surface area contributed by atoms with E-state index in [1.807, 2.05) is 24.3 Å². The molecule has 0 aliphatic carbocycles. The summed E-state index contributed by atoms with van der Waals surface area (Å²) < 4.78 is 0. The summed E-state index contributed by atoms with van der Waals surface area (Å²) in [5, 5.41) is 4.03. The second kappa shape index (κ2) is 13.2. The Morgan fingerprint density at radius 3 is 2.21 bits per heavy atom. The van der Waals surface area contributed by atoms with Crippen LogP contribution in [0.3, 0.4) is 0 Å². The zero-order valence-electron chi connectivity index (χ0n) is 19.9. The van der Waals surface area contributed by atoms with Crippen LogP contribution in [-0.2, 0) is 10.5 Å². The van der Waals surface area contributed by atoms with Crippen molar-refractivity contribution in [1.29, 1.82) is 0 Å². The average Bonchev–Trinajstić information content (AvgIpc) is 3.17. The van der Waals surface area contributed by atoms with Gasteiger partial charge in [-0.05, 0) is 24.1 Å². The fraction of sp³-hybridized carbons (Fsp3) is 0.640. The molecule has 1 N–H and O–H groups in total. The molecule has 2 aliphatic rings. The van der Waals surface area contributed by atoms with Crippen molar-refractivity contribution in [2.45, 2.75) is 89.1 Å². The van der Waals surface area contributed by atoms with Gasteiger partial charge in [0.2, 0.25) is 0 Å². The smallest absolute Gasteiger partial charge is 0.325 e. The van der Waals surface area contributed by atoms with Crippen LogP contribution in [0.4, 0.5) is 4.79 Å². The fourth-order valence-electron chi connectivity index (χ4n) is 4.35. The van der Waals surface area contributed by atoms with Crippen LogP contribution >= 0.6 is 23.4 Å². The molecule has 3 rings (SSSR count). The van der Waals surface area contributed by atoms with E-state index in [2.05, 4.69) is 17.1 Å². The van der Waals surface area contributed by atoms with Gasteiger partial charge in [0.25, 0.3) is 5.91 Å². The number of nitrogens with zero attached hydrogens (tertiary/aromatic N) is 3. The van der Waals surface area contributed by atoms with Crippen molar-refractivity contribution >= 4 is 40.5 Å². The highest BCUT2D eigenvalue weighted by Crippen LogP contribution is 2.30. The highest BCUT2D eigenvalue weighted by Gasteiger charge is 2.48. The number of thioether (sulfide) groups is 1. The van der Waals surface area contributed by atoms with Gasteiger partial charge in [-0.1, -0.05) is 100 Å². The average molecular weight is 493 g/mol. The molecular formula is C25H37ClN4O2S. The predicted molar refractivity (Wildman–Crippen MR) is 138 cm³/mol. The first-order valence-corrected chi connectivity index (χ1v) is 13.7. The number of likely N-dealkylation sites (N-methyl/N-ethyl adjacent to an activating group) is 1. The van der Waals surface area contributed by atoms with Gasteiger partial charge in [-0.2, -0.15) is 0 Å². The number of carbonyl (C=O) groups excluding carboxylic acids is 2. The maximum Gasteiger partial charge on any atom is 0.325 e. The number of nitrogens with one attached hydrogen (secondary N) is 1. The van der Waals surface area contributed by atoms with E-state index in [1.165, 1.54) is 56.3 Å². The molecule has 1 fully saturated rings. The first kappa shape index (κ1) is 25.9. The van der Waals surface area contributed by atoms with E-state index in [1.54, 1.807) is 18.8 Å². The number of hydrogen-bond donors (Lipinski definition) is 1. The molecule has 1 aromatic rings. The number of urea groups is 1. The van der Waals surface area contributed by atoms with Crippen molar-refractivity contribution in [2.24, 2.45) is 4.99 Å². The number of benzene rings is 1. The number of unbranched alkanes of at least 4 members (excludes halogenated alkanes) is 9. The molecule has 0 aromatic heterocycles. The summed E-state index contributed by atoms with van der Waals surface area (Å²) in [4.78, 5) is 33.2. The Bertz CT molecular complexity index is 817. The lowest BCUT2D eigenvalue weighted by Gasteiger charge is -2.36. The van der Waals surface area contributed by atoms with E-state index >= 15 is 0 Å². The molecular weight excluding hydrogens is 456 g/mol. The summed E-state index contributed by atoms with van der Waals surface area (Å²) in [6, 6.07) is 6.95. The number of imide groups is 1. The van der Waals surface area contributed by atoms with Gasteiger partial charge in [0.05, 0.1) is 0 Å². The van der Waals surface area contributed by atoms with Crippen LogP contribution < -0.4 is 5.32 Å². The molecule has 33 heavy (non-hydrogen) atoms. The number of amides is 3. The third kappa shape index (κ3) is 7.38. The molecule has 0 saturated carbocycles. The molecule has 2 atom stereocenters. The number of carbonyl (C=O) groups is 2. The van der Waals surface area contributed by atoms with E-state index in [9.17, 15) is 9.59 Å². The number of rotatable bonds is 13. The van der Waals surface area contributed by atoms with Crippen LogP contribution in [0.15, 0.2) is 29.3 Å². The monoisotopic (exact) mass is 492 g/mol. The van der Waals surface area contributed by atoms with Gasteiger partial charge in [0, 0.05) is 24.4 Å². The first-order chi connectivity index (χ1) is 16.0. The molecule has 1 saturated heterocycles. The minimum atomic E-state index is -0.456. The lowest BCUT2D eigenvalue weighted by atomic mass is 10.1. The van der Waals surface area contributed by atoms with Crippen LogP contribution in [0.5, 0.6) is 0 Å². The number of halogens is 1. The van der Waals surface area contributed by atoms with Crippen LogP contribution in [0.2, 0.25) is 5.02 Å². The quantitative estimate of drug-likeness (QED) is 0.341. The zero-order chi connectivity index (χ0) is 23.6. The highest BCUT2D eigenvalue weighted by molar-refractivity contribution is 8.13. The second-order valence-electron chi connectivity index (χ2n) is 8.97. The Hall–Kier alpha value is -1.73. The highest BCUT2D eigenvalue weighted by atomic mass is 35.5. The van der Waals surface area contributed by atoms with Crippen molar-refractivity contribution in [3.63, 3.8) is 0 Å². The van der Waals surface area contributed by atoms with Crippen molar-refractivity contribution in [2.75, 3.05) is 13.6 Å². The molecule has 3 amide bonds. The molecule has 8 heteroatoms. The minimum absolute atomic E-state index is 0.249. The maximum atomic E-state index is 12.7. The summed E-state index contributed by atoms with van der Waals surface area (Å²) in [5.74, 6) is 0.490. The number of fused-ring (bicyclic) bond motifs is 1. The number of amidine groups is 1. The van der Waals surface area contributed by atoms with E-state index in [0.29, 0.717) is 5.02 Å². The lowest BCUT2D eigenvalue weighted by Crippen LogP contribution is -2.63. The van der Waals surface area contributed by atoms with E-state index in [0.717, 1.165) is 35.9 Å². The summed E-state index contributed by atoms with van der Waals surface area (Å²) in [6.07, 6.45) is 12.2.